The van der Waals surface area contributed by atoms with E-state index >= 15 is 0 Å². The lowest BCUT2D eigenvalue weighted by atomic mass is 10.1. The lowest BCUT2D eigenvalue weighted by molar-refractivity contribution is -0.870. The molecule has 0 aliphatic carbocycles. The first-order chi connectivity index (χ1) is 22.0. The maximum absolute atomic E-state index is 12.5. The van der Waals surface area contributed by atoms with Gasteiger partial charge < -0.3 is 27.9 Å². The van der Waals surface area contributed by atoms with Gasteiger partial charge in [-0.3, -0.25) is 14.2 Å². The molecule has 2 atom stereocenters. The van der Waals surface area contributed by atoms with E-state index in [1.54, 1.807) is 0 Å². The van der Waals surface area contributed by atoms with E-state index in [0.29, 0.717) is 17.4 Å². The molecule has 0 saturated heterocycles. The minimum atomic E-state index is -4.62. The third kappa shape index (κ3) is 32.4. The van der Waals surface area contributed by atoms with Crippen LogP contribution in [-0.4, -0.2) is 70.0 Å². The van der Waals surface area contributed by atoms with Crippen molar-refractivity contribution >= 4 is 19.8 Å². The first-order valence-electron chi connectivity index (χ1n) is 18.0. The third-order valence-corrected chi connectivity index (χ3v) is 8.45. The first-order valence-corrected chi connectivity index (χ1v) is 19.5. The van der Waals surface area contributed by atoms with Gasteiger partial charge in [-0.2, -0.15) is 0 Å². The van der Waals surface area contributed by atoms with Crippen molar-refractivity contribution in [3.8, 4) is 0 Å². The van der Waals surface area contributed by atoms with Crippen LogP contribution >= 0.6 is 7.82 Å². The second-order valence-electron chi connectivity index (χ2n) is 13.2. The summed E-state index contributed by atoms with van der Waals surface area (Å²) in [6.07, 6.45) is 28.0. The van der Waals surface area contributed by atoms with Crippen molar-refractivity contribution in [2.24, 2.45) is 0 Å². The largest absolute Gasteiger partial charge is 0.756 e. The fourth-order valence-corrected chi connectivity index (χ4v) is 5.32. The van der Waals surface area contributed by atoms with Crippen LogP contribution in [-0.2, 0) is 32.7 Å². The highest BCUT2D eigenvalue weighted by molar-refractivity contribution is 7.45. The molecule has 0 heterocycles. The van der Waals surface area contributed by atoms with Crippen molar-refractivity contribution in [3.05, 3.63) is 24.3 Å². The van der Waals surface area contributed by atoms with Crippen molar-refractivity contribution in [3.63, 3.8) is 0 Å². The number of phosphoric acid groups is 1. The smallest absolute Gasteiger partial charge is 0.306 e. The second-order valence-corrected chi connectivity index (χ2v) is 14.6. The van der Waals surface area contributed by atoms with Gasteiger partial charge in [-0.1, -0.05) is 122 Å². The fourth-order valence-electron chi connectivity index (χ4n) is 4.59. The standard InChI is InChI=1S/C36H68NO8P/c1-6-8-10-12-14-16-17-18-19-21-23-25-27-29-36(39)45-34(33-44-46(40,41)43-31-30-37(3,4)5)32-42-35(38)28-26-24-22-20-15-13-11-9-7-2/h18-19,23,25,34H,6-17,20-22,24,26-33H2,1-5H3/b19-18+,25-23+. The number of carbonyl (C=O) groups is 2. The molecule has 270 valence electrons. The Bertz CT molecular complexity index is 855. The van der Waals surface area contributed by atoms with Crippen molar-refractivity contribution in [2.75, 3.05) is 47.5 Å². The van der Waals surface area contributed by atoms with Crippen LogP contribution in [0, 0.1) is 0 Å². The van der Waals surface area contributed by atoms with E-state index < -0.39 is 32.5 Å². The molecule has 0 aromatic heterocycles. The SMILES string of the molecule is CCCCCCCC/C=C/C/C=C/CCC(=O)OC(COC(=O)CCCCCCCCCCC)COP(=O)([O-])OCC[N+](C)(C)C. The molecule has 2 unspecified atom stereocenters. The molecule has 0 N–H and O–H groups in total. The molecular weight excluding hydrogens is 605 g/mol. The number of carbonyl (C=O) groups excluding carboxylic acids is 2. The van der Waals surface area contributed by atoms with E-state index in [4.69, 9.17) is 18.5 Å². The number of esters is 2. The normalized spacial score (nSPS) is 14.1. The molecule has 10 heteroatoms. The molecule has 0 radical (unpaired) electrons. The van der Waals surface area contributed by atoms with Crippen LogP contribution in [0.5, 0.6) is 0 Å². The van der Waals surface area contributed by atoms with Gasteiger partial charge in [-0.25, -0.2) is 0 Å². The van der Waals surface area contributed by atoms with Crippen LogP contribution in [0.25, 0.3) is 0 Å². The average molecular weight is 674 g/mol. The molecule has 9 nitrogen and oxygen atoms in total. The summed E-state index contributed by atoms with van der Waals surface area (Å²) in [5.74, 6) is -0.917. The summed E-state index contributed by atoms with van der Waals surface area (Å²) in [4.78, 5) is 37.1. The van der Waals surface area contributed by atoms with Crippen molar-refractivity contribution < 1.29 is 42.1 Å². The molecule has 0 aliphatic rings. The van der Waals surface area contributed by atoms with E-state index in [1.807, 2.05) is 33.3 Å². The maximum atomic E-state index is 12.5. The van der Waals surface area contributed by atoms with Crippen LogP contribution in [0.2, 0.25) is 0 Å². The van der Waals surface area contributed by atoms with Gasteiger partial charge >= 0.3 is 11.9 Å². The summed E-state index contributed by atoms with van der Waals surface area (Å²) in [5.41, 5.74) is 0. The summed E-state index contributed by atoms with van der Waals surface area (Å²) in [6, 6.07) is 0. The number of rotatable bonds is 32. The molecule has 0 aromatic rings. The van der Waals surface area contributed by atoms with Crippen molar-refractivity contribution in [2.45, 2.75) is 148 Å². The third-order valence-electron chi connectivity index (χ3n) is 7.49. The molecular formula is C36H68NO8P. The molecule has 0 amide bonds. The topological polar surface area (TPSA) is 111 Å². The van der Waals surface area contributed by atoms with Crippen molar-refractivity contribution in [1.29, 1.82) is 0 Å². The Morgan fingerprint density at radius 1 is 0.674 bits per heavy atom. The van der Waals surface area contributed by atoms with E-state index in [1.165, 1.54) is 77.0 Å². The molecule has 0 aromatic carbocycles. The number of nitrogens with zero attached hydrogens (tertiary/aromatic N) is 1. The minimum Gasteiger partial charge on any atom is -0.756 e. The van der Waals surface area contributed by atoms with Crippen LogP contribution in [0.1, 0.15) is 142 Å². The Kier molecular flexibility index (Phi) is 28.6. The van der Waals surface area contributed by atoms with Gasteiger partial charge in [0.05, 0.1) is 27.7 Å². The summed E-state index contributed by atoms with van der Waals surface area (Å²) in [7, 11) is 1.13. The predicted molar refractivity (Wildman–Crippen MR) is 185 cm³/mol. The zero-order valence-electron chi connectivity index (χ0n) is 30.0. The van der Waals surface area contributed by atoms with E-state index in [0.717, 1.165) is 32.1 Å². The van der Waals surface area contributed by atoms with Gasteiger partial charge in [-0.05, 0) is 32.1 Å². The van der Waals surface area contributed by atoms with E-state index in [-0.39, 0.29) is 26.1 Å². The Morgan fingerprint density at radius 2 is 1.22 bits per heavy atom. The molecule has 0 rings (SSSR count). The first kappa shape index (κ1) is 44.5. The molecule has 0 spiro atoms. The highest BCUT2D eigenvalue weighted by Gasteiger charge is 2.21. The zero-order chi connectivity index (χ0) is 34.4. The van der Waals surface area contributed by atoms with Gasteiger partial charge in [0, 0.05) is 12.8 Å². The summed E-state index contributed by atoms with van der Waals surface area (Å²) in [6.45, 7) is 4.10. The van der Waals surface area contributed by atoms with E-state index in [9.17, 15) is 19.0 Å². The Balaban J connectivity index is 4.57. The van der Waals surface area contributed by atoms with Gasteiger partial charge in [0.1, 0.15) is 19.8 Å². The van der Waals surface area contributed by atoms with Gasteiger partial charge in [0.25, 0.3) is 7.82 Å². The molecule has 0 fully saturated rings. The molecule has 0 saturated carbocycles. The number of phosphoric ester groups is 1. The second kappa shape index (κ2) is 29.6. The number of likely N-dealkylation sites (N-methyl/N-ethyl adjacent to an activating group) is 1. The maximum Gasteiger partial charge on any atom is 0.306 e. The minimum absolute atomic E-state index is 0.0387. The predicted octanol–water partition coefficient (Wildman–Crippen LogP) is 8.60. The summed E-state index contributed by atoms with van der Waals surface area (Å²) < 4.78 is 33.5. The monoisotopic (exact) mass is 673 g/mol. The number of unbranched alkanes of at least 4 members (excludes halogenated alkanes) is 14. The van der Waals surface area contributed by atoms with E-state index in [2.05, 4.69) is 26.0 Å². The lowest BCUT2D eigenvalue weighted by Gasteiger charge is -2.28. The Morgan fingerprint density at radius 3 is 1.80 bits per heavy atom. The lowest BCUT2D eigenvalue weighted by Crippen LogP contribution is -2.37. The van der Waals surface area contributed by atoms with Gasteiger partial charge in [0.2, 0.25) is 0 Å². The quantitative estimate of drug-likeness (QED) is 0.0230. The average Bonchev–Trinajstić information content (AvgIpc) is 2.99. The van der Waals surface area contributed by atoms with Crippen molar-refractivity contribution in [1.82, 2.24) is 0 Å². The summed E-state index contributed by atoms with van der Waals surface area (Å²) >= 11 is 0. The highest BCUT2D eigenvalue weighted by atomic mass is 31.2. The Hall–Kier alpha value is -1.51. The molecule has 0 aliphatic heterocycles. The molecule has 46 heavy (non-hydrogen) atoms. The highest BCUT2D eigenvalue weighted by Crippen LogP contribution is 2.38. The van der Waals surface area contributed by atoms with Crippen LogP contribution < -0.4 is 4.89 Å². The van der Waals surface area contributed by atoms with Crippen LogP contribution in [0.3, 0.4) is 0 Å². The zero-order valence-corrected chi connectivity index (χ0v) is 30.9. The number of allylic oxidation sites excluding steroid dienone is 4. The number of quaternary nitrogens is 1. The Labute approximate surface area is 281 Å². The van der Waals surface area contributed by atoms with Crippen LogP contribution in [0.15, 0.2) is 24.3 Å². The number of hydrogen-bond donors (Lipinski definition) is 0. The summed E-state index contributed by atoms with van der Waals surface area (Å²) in [5, 5.41) is 0. The number of hydrogen-bond acceptors (Lipinski definition) is 8. The molecule has 0 bridgehead atoms. The number of ether oxygens (including phenoxy) is 2. The van der Waals surface area contributed by atoms with Crippen LogP contribution in [0.4, 0.5) is 0 Å². The van der Waals surface area contributed by atoms with Gasteiger partial charge in [0.15, 0.2) is 6.10 Å². The van der Waals surface area contributed by atoms with Gasteiger partial charge in [-0.15, -0.1) is 0 Å². The fraction of sp³-hybridized carbons (Fsp3) is 0.833.